The first-order chi connectivity index (χ1) is 12.0. The van der Waals surface area contributed by atoms with E-state index in [0.717, 1.165) is 24.8 Å². The predicted molar refractivity (Wildman–Crippen MR) is 98.5 cm³/mol. The van der Waals surface area contributed by atoms with E-state index in [4.69, 9.17) is 11.6 Å². The fraction of sp³-hybridized carbons (Fsp3) is 0.579. The van der Waals surface area contributed by atoms with Gasteiger partial charge in [-0.3, -0.25) is 4.79 Å². The number of likely N-dealkylation sites (tertiary alicyclic amines) is 1. The highest BCUT2D eigenvalue weighted by atomic mass is 35.5. The minimum absolute atomic E-state index is 0.0387. The SMILES string of the molecule is CN1CC[C@H](NC(=O)N[C@H](c2cccc(Cl)c2)C2CCCC2)CC1=O. The summed E-state index contributed by atoms with van der Waals surface area (Å²) in [5.74, 6) is 0.516. The molecule has 1 saturated carbocycles. The van der Waals surface area contributed by atoms with Gasteiger partial charge in [0.15, 0.2) is 0 Å². The average molecular weight is 364 g/mol. The van der Waals surface area contributed by atoms with Gasteiger partial charge >= 0.3 is 6.03 Å². The second kappa shape index (κ2) is 8.09. The zero-order valence-electron chi connectivity index (χ0n) is 14.6. The van der Waals surface area contributed by atoms with Crippen LogP contribution >= 0.6 is 11.6 Å². The lowest BCUT2D eigenvalue weighted by atomic mass is 9.91. The van der Waals surface area contributed by atoms with Gasteiger partial charge in [-0.05, 0) is 42.9 Å². The van der Waals surface area contributed by atoms with E-state index in [-0.39, 0.29) is 24.0 Å². The number of hydrogen-bond acceptors (Lipinski definition) is 2. The molecule has 1 aromatic rings. The van der Waals surface area contributed by atoms with Crippen molar-refractivity contribution in [2.24, 2.45) is 5.92 Å². The monoisotopic (exact) mass is 363 g/mol. The lowest BCUT2D eigenvalue weighted by Gasteiger charge is -2.31. The molecule has 0 unspecified atom stereocenters. The van der Waals surface area contributed by atoms with Gasteiger partial charge < -0.3 is 15.5 Å². The van der Waals surface area contributed by atoms with Crippen molar-refractivity contribution in [1.82, 2.24) is 15.5 Å². The Morgan fingerprint density at radius 2 is 2.04 bits per heavy atom. The van der Waals surface area contributed by atoms with Crippen molar-refractivity contribution in [3.63, 3.8) is 0 Å². The predicted octanol–water partition coefficient (Wildman–Crippen LogP) is 3.49. The van der Waals surface area contributed by atoms with Crippen molar-refractivity contribution in [1.29, 1.82) is 0 Å². The second-order valence-electron chi connectivity index (χ2n) is 7.20. The number of nitrogens with zero attached hydrogens (tertiary/aromatic N) is 1. The van der Waals surface area contributed by atoms with E-state index in [1.165, 1.54) is 12.8 Å². The minimum Gasteiger partial charge on any atom is -0.346 e. The van der Waals surface area contributed by atoms with Crippen molar-refractivity contribution >= 4 is 23.5 Å². The zero-order valence-corrected chi connectivity index (χ0v) is 15.4. The van der Waals surface area contributed by atoms with Gasteiger partial charge in [-0.15, -0.1) is 0 Å². The van der Waals surface area contributed by atoms with Crippen molar-refractivity contribution in [2.45, 2.75) is 50.6 Å². The molecular formula is C19H26ClN3O2. The Morgan fingerprint density at radius 3 is 2.72 bits per heavy atom. The topological polar surface area (TPSA) is 61.4 Å². The van der Waals surface area contributed by atoms with Crippen LogP contribution in [0.5, 0.6) is 0 Å². The van der Waals surface area contributed by atoms with Crippen LogP contribution in [0, 0.1) is 5.92 Å². The summed E-state index contributed by atoms with van der Waals surface area (Å²) in [6.45, 7) is 0.685. The quantitative estimate of drug-likeness (QED) is 0.860. The highest BCUT2D eigenvalue weighted by Gasteiger charge is 2.29. The summed E-state index contributed by atoms with van der Waals surface area (Å²) in [5, 5.41) is 6.80. The van der Waals surface area contributed by atoms with Crippen LogP contribution < -0.4 is 10.6 Å². The van der Waals surface area contributed by atoms with Crippen LogP contribution in [0.3, 0.4) is 0 Å². The summed E-state index contributed by atoms with van der Waals surface area (Å²) >= 11 is 6.15. The van der Waals surface area contributed by atoms with E-state index in [1.807, 2.05) is 24.3 Å². The Balaban J connectivity index is 1.65. The van der Waals surface area contributed by atoms with Gasteiger partial charge in [0.2, 0.25) is 5.91 Å². The van der Waals surface area contributed by atoms with Crippen LogP contribution in [-0.4, -0.2) is 36.5 Å². The molecule has 1 aromatic carbocycles. The first-order valence-electron chi connectivity index (χ1n) is 9.09. The molecule has 3 rings (SSSR count). The molecule has 136 valence electrons. The van der Waals surface area contributed by atoms with Crippen molar-refractivity contribution in [3.05, 3.63) is 34.9 Å². The number of rotatable bonds is 4. The molecule has 5 nitrogen and oxygen atoms in total. The lowest BCUT2D eigenvalue weighted by Crippen LogP contribution is -2.50. The molecule has 6 heteroatoms. The van der Waals surface area contributed by atoms with Crippen molar-refractivity contribution < 1.29 is 9.59 Å². The Hall–Kier alpha value is -1.75. The van der Waals surface area contributed by atoms with Crippen molar-refractivity contribution in [2.75, 3.05) is 13.6 Å². The summed E-state index contributed by atoms with van der Waals surface area (Å²) < 4.78 is 0. The van der Waals surface area contributed by atoms with E-state index in [2.05, 4.69) is 10.6 Å². The molecular weight excluding hydrogens is 338 g/mol. The first kappa shape index (κ1) is 18.1. The highest BCUT2D eigenvalue weighted by molar-refractivity contribution is 6.30. The number of urea groups is 1. The molecule has 25 heavy (non-hydrogen) atoms. The fourth-order valence-corrected chi connectivity index (χ4v) is 4.10. The van der Waals surface area contributed by atoms with E-state index in [0.29, 0.717) is 23.9 Å². The maximum Gasteiger partial charge on any atom is 0.315 e. The molecule has 1 heterocycles. The highest BCUT2D eigenvalue weighted by Crippen LogP contribution is 2.36. The standard InChI is InChI=1S/C19H26ClN3O2/c1-23-10-9-16(12-17(23)24)21-19(25)22-18(13-5-2-3-6-13)14-7-4-8-15(20)11-14/h4,7-8,11,13,16,18H,2-3,5-6,9-10,12H2,1H3,(H2,21,22,25)/t16-,18-/m0/s1. The number of hydrogen-bond donors (Lipinski definition) is 2. The molecule has 1 aliphatic heterocycles. The maximum atomic E-state index is 12.5. The van der Waals surface area contributed by atoms with Crippen molar-refractivity contribution in [3.8, 4) is 0 Å². The van der Waals surface area contributed by atoms with E-state index in [1.54, 1.807) is 11.9 Å². The molecule has 2 N–H and O–H groups in total. The number of amides is 3. The molecule has 1 aliphatic carbocycles. The van der Waals surface area contributed by atoms with Gasteiger partial charge in [0, 0.05) is 31.1 Å². The second-order valence-corrected chi connectivity index (χ2v) is 7.64. The Morgan fingerprint density at radius 1 is 1.28 bits per heavy atom. The third kappa shape index (κ3) is 4.66. The van der Waals surface area contributed by atoms with Crippen LogP contribution in [0.2, 0.25) is 5.02 Å². The third-order valence-corrected chi connectivity index (χ3v) is 5.60. The number of carbonyl (C=O) groups excluding carboxylic acids is 2. The largest absolute Gasteiger partial charge is 0.346 e. The summed E-state index contributed by atoms with van der Waals surface area (Å²) in [6, 6.07) is 7.41. The molecule has 0 aromatic heterocycles. The molecule has 0 bridgehead atoms. The number of benzene rings is 1. The Bertz CT molecular complexity index is 631. The summed E-state index contributed by atoms with van der Waals surface area (Å²) in [5.41, 5.74) is 1.05. The van der Waals surface area contributed by atoms with Crippen LogP contribution in [0.25, 0.3) is 0 Å². The van der Waals surface area contributed by atoms with Gasteiger partial charge in [-0.2, -0.15) is 0 Å². The smallest absolute Gasteiger partial charge is 0.315 e. The number of carbonyl (C=O) groups is 2. The first-order valence-corrected chi connectivity index (χ1v) is 9.47. The van der Waals surface area contributed by atoms with Gasteiger partial charge in [0.05, 0.1) is 6.04 Å². The Labute approximate surface area is 154 Å². The summed E-state index contributed by atoms with van der Waals surface area (Å²) in [6.07, 6.45) is 5.80. The number of piperidine rings is 1. The van der Waals surface area contributed by atoms with Crippen LogP contribution in [-0.2, 0) is 4.79 Å². The number of nitrogens with one attached hydrogen (secondary N) is 2. The minimum atomic E-state index is -0.195. The summed E-state index contributed by atoms with van der Waals surface area (Å²) in [4.78, 5) is 26.1. The Kier molecular flexibility index (Phi) is 5.84. The molecule has 2 aliphatic rings. The zero-order chi connectivity index (χ0) is 17.8. The molecule has 1 saturated heterocycles. The summed E-state index contributed by atoms with van der Waals surface area (Å²) in [7, 11) is 1.80. The molecule has 2 fully saturated rings. The van der Waals surface area contributed by atoms with Crippen LogP contribution in [0.1, 0.15) is 50.1 Å². The fourth-order valence-electron chi connectivity index (χ4n) is 3.90. The van der Waals surface area contributed by atoms with Gasteiger partial charge in [-0.25, -0.2) is 4.79 Å². The normalized spacial score (nSPS) is 22.7. The molecule has 0 spiro atoms. The van der Waals surface area contributed by atoms with E-state index in [9.17, 15) is 9.59 Å². The van der Waals surface area contributed by atoms with Gasteiger partial charge in [0.1, 0.15) is 0 Å². The molecule has 2 atom stereocenters. The van der Waals surface area contributed by atoms with E-state index < -0.39 is 0 Å². The van der Waals surface area contributed by atoms with Gasteiger partial charge in [0.25, 0.3) is 0 Å². The van der Waals surface area contributed by atoms with Gasteiger partial charge in [-0.1, -0.05) is 36.6 Å². The third-order valence-electron chi connectivity index (χ3n) is 5.36. The number of halogens is 1. The van der Waals surface area contributed by atoms with E-state index >= 15 is 0 Å². The van der Waals surface area contributed by atoms with Crippen LogP contribution in [0.4, 0.5) is 4.79 Å². The molecule has 3 amide bonds. The maximum absolute atomic E-state index is 12.5. The average Bonchev–Trinajstić information content (AvgIpc) is 3.10. The van der Waals surface area contributed by atoms with Crippen LogP contribution in [0.15, 0.2) is 24.3 Å². The lowest BCUT2D eigenvalue weighted by molar-refractivity contribution is -0.132. The molecule has 0 radical (unpaired) electrons.